The van der Waals surface area contributed by atoms with Crippen molar-refractivity contribution in [3.63, 3.8) is 0 Å². The van der Waals surface area contributed by atoms with Gasteiger partial charge in [0.2, 0.25) is 0 Å². The summed E-state index contributed by atoms with van der Waals surface area (Å²) in [7, 11) is 0. The lowest BCUT2D eigenvalue weighted by atomic mass is 9.70. The quantitative estimate of drug-likeness (QED) is 0.578. The van der Waals surface area contributed by atoms with Crippen LogP contribution in [0.1, 0.15) is 57.8 Å². The Morgan fingerprint density at radius 1 is 1.11 bits per heavy atom. The summed E-state index contributed by atoms with van der Waals surface area (Å²) in [5, 5.41) is 23.4. The fourth-order valence-corrected chi connectivity index (χ4v) is 5.72. The van der Waals surface area contributed by atoms with Crippen molar-refractivity contribution in [2.45, 2.75) is 63.5 Å². The van der Waals surface area contributed by atoms with Gasteiger partial charge in [-0.15, -0.1) is 0 Å². The predicted molar refractivity (Wildman–Crippen MR) is 102 cm³/mol. The Kier molecular flexibility index (Phi) is 3.79. The maximum Gasteiger partial charge on any atom is 0.566 e. The summed E-state index contributed by atoms with van der Waals surface area (Å²) in [5.41, 5.74) is 3.31. The molecule has 4 aliphatic rings. The number of hydrogen-bond donors (Lipinski definition) is 0. The lowest BCUT2D eigenvalue weighted by molar-refractivity contribution is -0.547. The van der Waals surface area contributed by atoms with E-state index in [1.807, 2.05) is 0 Å². The van der Waals surface area contributed by atoms with Crippen LogP contribution in [0.4, 0.5) is 5.69 Å². The van der Waals surface area contributed by atoms with Crippen LogP contribution >= 0.6 is 0 Å². The molecule has 0 amide bonds. The van der Waals surface area contributed by atoms with Gasteiger partial charge in [-0.1, -0.05) is 12.0 Å². The van der Waals surface area contributed by atoms with E-state index in [1.165, 1.54) is 30.2 Å². The molecule has 28 heavy (non-hydrogen) atoms. The first-order valence-corrected chi connectivity index (χ1v) is 10.1. The van der Waals surface area contributed by atoms with Gasteiger partial charge < -0.3 is 4.90 Å². The molecule has 2 aliphatic heterocycles. The second-order valence-corrected chi connectivity index (χ2v) is 8.27. The van der Waals surface area contributed by atoms with Crippen LogP contribution in [0.2, 0.25) is 0 Å². The average molecular weight is 382 g/mol. The zero-order valence-corrected chi connectivity index (χ0v) is 15.6. The van der Waals surface area contributed by atoms with E-state index in [4.69, 9.17) is 4.99 Å². The van der Waals surface area contributed by atoms with Crippen LogP contribution in [0.5, 0.6) is 0 Å². The number of fused-ring (bicyclic) bond motifs is 3. The maximum absolute atomic E-state index is 11.3. The van der Waals surface area contributed by atoms with Gasteiger partial charge in [-0.25, -0.2) is 0 Å². The van der Waals surface area contributed by atoms with E-state index in [0.717, 1.165) is 56.0 Å². The zero-order chi connectivity index (χ0) is 19.5. The van der Waals surface area contributed by atoms with Crippen molar-refractivity contribution >= 4 is 11.5 Å². The molecule has 2 heterocycles. The molecule has 1 spiro atoms. The first kappa shape index (κ1) is 17.3. The molecular formula is C20H22N4O4. The molecule has 0 unspecified atom stereocenters. The Morgan fingerprint density at radius 2 is 1.89 bits per heavy atom. The number of allylic oxidation sites excluding steroid dienone is 2. The van der Waals surface area contributed by atoms with Crippen LogP contribution in [0.25, 0.3) is 5.82 Å². The minimum absolute atomic E-state index is 0.0388. The van der Waals surface area contributed by atoms with E-state index in [0.29, 0.717) is 5.92 Å². The molecule has 0 saturated heterocycles. The Hall–Kier alpha value is -2.77. The molecule has 146 valence electrons. The predicted octanol–water partition coefficient (Wildman–Crippen LogP) is 2.86. The third kappa shape index (κ3) is 2.33. The monoisotopic (exact) mass is 382 g/mol. The number of hydrogen-bond acceptors (Lipinski definition) is 6. The first-order valence-electron chi connectivity index (χ1n) is 10.1. The van der Waals surface area contributed by atoms with E-state index in [1.54, 1.807) is 12.1 Å². The van der Waals surface area contributed by atoms with Gasteiger partial charge in [0.05, 0.1) is 11.0 Å². The third-order valence-electron chi connectivity index (χ3n) is 6.84. The second-order valence-electron chi connectivity index (χ2n) is 8.27. The van der Waals surface area contributed by atoms with Gasteiger partial charge in [0.15, 0.2) is 0 Å². The highest BCUT2D eigenvalue weighted by Crippen LogP contribution is 2.53. The minimum Gasteiger partial charge on any atom is -0.318 e. The lowest BCUT2D eigenvalue weighted by Crippen LogP contribution is -2.55. The molecule has 1 aromatic carbocycles. The standard InChI is InChI=1S/C20H22N4O4/c25-23(26)19(24(27)28)14-8-9-16-18(12-14)22-17-7-2-1-5-13(17)11-15-6-3-4-10-20(15,22)21-16/h8-9,12,15H,1-7,10-11H2/t15-,20+/m1/s1. The second kappa shape index (κ2) is 6.12. The summed E-state index contributed by atoms with van der Waals surface area (Å²) in [6, 6.07) is 4.80. The Labute approximate surface area is 161 Å². The topological polar surface area (TPSA) is 102 Å². The van der Waals surface area contributed by atoms with Crippen LogP contribution in [0.3, 0.4) is 0 Å². The number of rotatable bonds is 2. The highest BCUT2D eigenvalue weighted by molar-refractivity contribution is 5.61. The molecule has 8 nitrogen and oxygen atoms in total. The Bertz CT molecular complexity index is 1030. The molecule has 1 aromatic rings. The molecule has 0 radical (unpaired) electrons. The van der Waals surface area contributed by atoms with E-state index < -0.39 is 15.7 Å². The number of nitro groups is 2. The Morgan fingerprint density at radius 3 is 2.68 bits per heavy atom. The number of benzene rings is 1. The van der Waals surface area contributed by atoms with Crippen molar-refractivity contribution in [3.05, 3.63) is 60.3 Å². The van der Waals surface area contributed by atoms with Crippen LogP contribution in [0, 0.1) is 26.1 Å². The maximum atomic E-state index is 11.3. The van der Waals surface area contributed by atoms with E-state index in [-0.39, 0.29) is 10.9 Å². The molecule has 1 saturated carbocycles. The van der Waals surface area contributed by atoms with Crippen LogP contribution in [-0.2, 0) is 0 Å². The lowest BCUT2D eigenvalue weighted by Gasteiger charge is -2.52. The van der Waals surface area contributed by atoms with Crippen molar-refractivity contribution < 1.29 is 9.85 Å². The molecule has 0 bridgehead atoms. The van der Waals surface area contributed by atoms with Crippen molar-refractivity contribution in [3.8, 4) is 0 Å². The Balaban J connectivity index is 1.76. The zero-order valence-electron chi connectivity index (χ0n) is 15.6. The number of anilines is 1. The third-order valence-corrected chi connectivity index (χ3v) is 6.84. The normalized spacial score (nSPS) is 27.9. The van der Waals surface area contributed by atoms with Gasteiger partial charge in [-0.05, 0) is 69.6 Å². The van der Waals surface area contributed by atoms with Gasteiger partial charge in [0.25, 0.3) is 0 Å². The van der Waals surface area contributed by atoms with Crippen molar-refractivity contribution in [2.75, 3.05) is 4.90 Å². The van der Waals surface area contributed by atoms with Gasteiger partial charge in [0.1, 0.15) is 20.7 Å². The molecular weight excluding hydrogens is 360 g/mol. The molecule has 1 fully saturated rings. The summed E-state index contributed by atoms with van der Waals surface area (Å²) in [4.78, 5) is 28.2. The fourth-order valence-electron chi connectivity index (χ4n) is 5.72. The van der Waals surface area contributed by atoms with Crippen LogP contribution in [-0.4, -0.2) is 15.5 Å². The minimum atomic E-state index is -0.973. The smallest absolute Gasteiger partial charge is 0.318 e. The number of nitrogens with zero attached hydrogens (tertiary/aromatic N) is 4. The molecule has 8 heteroatoms. The van der Waals surface area contributed by atoms with Gasteiger partial charge in [-0.2, -0.15) is 0 Å². The van der Waals surface area contributed by atoms with Crippen molar-refractivity contribution in [1.29, 1.82) is 0 Å². The summed E-state index contributed by atoms with van der Waals surface area (Å²) < 4.78 is 0. The average Bonchev–Trinajstić information content (AvgIpc) is 2.99. The summed E-state index contributed by atoms with van der Waals surface area (Å²) in [5.74, 6) is -0.526. The highest BCUT2D eigenvalue weighted by Gasteiger charge is 2.53. The van der Waals surface area contributed by atoms with E-state index >= 15 is 0 Å². The van der Waals surface area contributed by atoms with Crippen LogP contribution in [0.15, 0.2) is 34.5 Å². The summed E-state index contributed by atoms with van der Waals surface area (Å²) in [6.45, 7) is 0. The van der Waals surface area contributed by atoms with Gasteiger partial charge in [-0.3, -0.25) is 25.2 Å². The van der Waals surface area contributed by atoms with Crippen LogP contribution < -0.4 is 15.5 Å². The van der Waals surface area contributed by atoms with Gasteiger partial charge in [0, 0.05) is 11.6 Å². The van der Waals surface area contributed by atoms with E-state index in [9.17, 15) is 20.2 Å². The molecule has 5 rings (SSSR count). The molecule has 0 aromatic heterocycles. The van der Waals surface area contributed by atoms with Gasteiger partial charge >= 0.3 is 5.82 Å². The highest BCUT2D eigenvalue weighted by atomic mass is 16.7. The summed E-state index contributed by atoms with van der Waals surface area (Å²) in [6.07, 6.45) is 9.96. The first-order chi connectivity index (χ1) is 13.5. The molecule has 0 N–H and O–H groups in total. The summed E-state index contributed by atoms with van der Waals surface area (Å²) >= 11 is 0. The fraction of sp³-hybridized carbons (Fsp3) is 0.550. The molecule has 2 atom stereocenters. The van der Waals surface area contributed by atoms with E-state index in [2.05, 4.69) is 4.90 Å². The van der Waals surface area contributed by atoms with Crippen molar-refractivity contribution in [1.82, 2.24) is 0 Å². The SMILES string of the molecule is O=[N+]([O-])C(=c1ccc2c(c1)N1C3=C(CCCC3)C[C@H]3CCCC[C@@]31N=2)[N+](=O)[O-]. The van der Waals surface area contributed by atoms with Crippen molar-refractivity contribution in [2.24, 2.45) is 10.9 Å². The largest absolute Gasteiger partial charge is 0.566 e. The molecule has 2 aliphatic carbocycles.